The van der Waals surface area contributed by atoms with Gasteiger partial charge in [-0.05, 0) is 37.6 Å². The van der Waals surface area contributed by atoms with Crippen LogP contribution in [0.25, 0.3) is 0 Å². The van der Waals surface area contributed by atoms with Gasteiger partial charge in [-0.15, -0.1) is 0 Å². The zero-order valence-corrected chi connectivity index (χ0v) is 13.1. The quantitative estimate of drug-likeness (QED) is 0.884. The van der Waals surface area contributed by atoms with E-state index in [1.54, 1.807) is 0 Å². The summed E-state index contributed by atoms with van der Waals surface area (Å²) in [6, 6.07) is 4.02. The number of hydrogen-bond acceptors (Lipinski definition) is 5. The minimum atomic E-state index is -0.265. The highest BCUT2D eigenvalue weighted by molar-refractivity contribution is 5.80. The van der Waals surface area contributed by atoms with Crippen LogP contribution in [0, 0.1) is 0 Å². The van der Waals surface area contributed by atoms with E-state index in [0.717, 1.165) is 50.4 Å². The summed E-state index contributed by atoms with van der Waals surface area (Å²) in [6.07, 6.45) is 3.36. The lowest BCUT2D eigenvalue weighted by Gasteiger charge is -2.33. The fourth-order valence-electron chi connectivity index (χ4n) is 2.87. The molecule has 0 aliphatic carbocycles. The maximum Gasteiger partial charge on any atom is 0.249 e. The van der Waals surface area contributed by atoms with Crippen LogP contribution >= 0.6 is 0 Å². The van der Waals surface area contributed by atoms with Crippen molar-refractivity contribution in [3.05, 3.63) is 23.9 Å². The van der Waals surface area contributed by atoms with Gasteiger partial charge in [0.05, 0.1) is 0 Å². The van der Waals surface area contributed by atoms with Crippen LogP contribution in [0.4, 0.5) is 5.82 Å². The number of hydrogen-bond donors (Lipinski definition) is 1. The van der Waals surface area contributed by atoms with Crippen molar-refractivity contribution in [2.24, 2.45) is 0 Å². The molecule has 2 saturated heterocycles. The molecule has 1 aromatic heterocycles. The van der Waals surface area contributed by atoms with Crippen molar-refractivity contribution < 1.29 is 9.53 Å². The Bertz CT molecular complexity index is 509. The van der Waals surface area contributed by atoms with Crippen LogP contribution in [0.2, 0.25) is 0 Å². The van der Waals surface area contributed by atoms with Crippen LogP contribution < -0.4 is 10.2 Å². The number of nitrogens with zero attached hydrogens (tertiary/aromatic N) is 3. The van der Waals surface area contributed by atoms with Crippen LogP contribution in [0.1, 0.15) is 18.4 Å². The van der Waals surface area contributed by atoms with E-state index in [1.165, 1.54) is 0 Å². The fraction of sp³-hybridized carbons (Fsp3) is 0.625. The second-order valence-corrected chi connectivity index (χ2v) is 6.03. The molecule has 0 aromatic carbocycles. The predicted molar refractivity (Wildman–Crippen MR) is 84.8 cm³/mol. The smallest absolute Gasteiger partial charge is 0.249 e. The van der Waals surface area contributed by atoms with Gasteiger partial charge in [-0.1, -0.05) is 0 Å². The number of aromatic nitrogens is 1. The number of likely N-dealkylation sites (N-methyl/N-ethyl adjacent to an activating group) is 1. The molecule has 1 atom stereocenters. The molecule has 6 heteroatoms. The molecular formula is C16H24N4O2. The van der Waals surface area contributed by atoms with Crippen LogP contribution in [0.3, 0.4) is 0 Å². The van der Waals surface area contributed by atoms with Crippen molar-refractivity contribution >= 4 is 11.7 Å². The normalized spacial score (nSPS) is 22.8. The molecule has 0 bridgehead atoms. The lowest BCUT2D eigenvalue weighted by molar-refractivity contribution is -0.130. The van der Waals surface area contributed by atoms with E-state index in [2.05, 4.69) is 33.2 Å². The molecule has 0 radical (unpaired) electrons. The topological polar surface area (TPSA) is 57.7 Å². The van der Waals surface area contributed by atoms with Crippen molar-refractivity contribution in [2.45, 2.75) is 25.5 Å². The van der Waals surface area contributed by atoms with Crippen molar-refractivity contribution in [1.82, 2.24) is 15.2 Å². The Kier molecular flexibility index (Phi) is 4.90. The van der Waals surface area contributed by atoms with Gasteiger partial charge in [0.2, 0.25) is 5.91 Å². The average molecular weight is 304 g/mol. The van der Waals surface area contributed by atoms with Crippen LogP contribution in [0.5, 0.6) is 0 Å². The summed E-state index contributed by atoms with van der Waals surface area (Å²) in [4.78, 5) is 21.1. The fourth-order valence-corrected chi connectivity index (χ4v) is 2.87. The Balaban J connectivity index is 1.55. The molecule has 1 aromatic rings. The predicted octanol–water partition coefficient (Wildman–Crippen LogP) is 0.629. The molecule has 2 aliphatic heterocycles. The highest BCUT2D eigenvalue weighted by atomic mass is 16.5. The number of piperazine rings is 1. The molecule has 6 nitrogen and oxygen atoms in total. The highest BCUT2D eigenvalue weighted by Crippen LogP contribution is 2.15. The molecule has 120 valence electrons. The van der Waals surface area contributed by atoms with Crippen LogP contribution in [0.15, 0.2) is 18.3 Å². The second-order valence-electron chi connectivity index (χ2n) is 6.03. The van der Waals surface area contributed by atoms with Gasteiger partial charge in [0, 0.05) is 45.5 Å². The first-order valence-electron chi connectivity index (χ1n) is 8.00. The average Bonchev–Trinajstić information content (AvgIpc) is 3.08. The molecule has 2 aliphatic rings. The highest BCUT2D eigenvalue weighted by Gasteiger charge is 2.23. The number of pyridine rings is 1. The Labute approximate surface area is 131 Å². The third-order valence-corrected chi connectivity index (χ3v) is 4.33. The Hall–Kier alpha value is -1.66. The number of carbonyl (C=O) groups excluding carboxylic acids is 1. The standard InChI is InChI=1S/C16H24N4O2/c1-19-6-8-20(9-7-19)15-11-13(4-5-17-15)12-18-16(21)14-3-2-10-22-14/h4-5,11,14H,2-3,6-10,12H2,1H3,(H,18,21)/t14-/m0/s1. The third-order valence-electron chi connectivity index (χ3n) is 4.33. The summed E-state index contributed by atoms with van der Waals surface area (Å²) in [6.45, 7) is 5.33. The zero-order chi connectivity index (χ0) is 15.4. The monoisotopic (exact) mass is 304 g/mol. The molecule has 0 spiro atoms. The summed E-state index contributed by atoms with van der Waals surface area (Å²) >= 11 is 0. The maximum atomic E-state index is 12.0. The number of amides is 1. The van der Waals surface area contributed by atoms with E-state index in [0.29, 0.717) is 13.2 Å². The van der Waals surface area contributed by atoms with E-state index in [4.69, 9.17) is 4.74 Å². The van der Waals surface area contributed by atoms with Crippen LogP contribution in [-0.2, 0) is 16.1 Å². The maximum absolute atomic E-state index is 12.0. The van der Waals surface area contributed by atoms with E-state index in [9.17, 15) is 4.79 Å². The van der Waals surface area contributed by atoms with Gasteiger partial charge < -0.3 is 19.9 Å². The van der Waals surface area contributed by atoms with E-state index >= 15 is 0 Å². The molecule has 1 amide bonds. The van der Waals surface area contributed by atoms with Crippen LogP contribution in [-0.4, -0.2) is 61.7 Å². The molecule has 3 rings (SSSR count). The third kappa shape index (κ3) is 3.75. The van der Waals surface area contributed by atoms with Gasteiger partial charge in [-0.3, -0.25) is 4.79 Å². The molecule has 3 heterocycles. The molecule has 0 unspecified atom stereocenters. The van der Waals surface area contributed by atoms with Gasteiger partial charge >= 0.3 is 0 Å². The van der Waals surface area contributed by atoms with Crippen molar-refractivity contribution in [3.8, 4) is 0 Å². The summed E-state index contributed by atoms with van der Waals surface area (Å²) in [5.41, 5.74) is 1.08. The Morgan fingerprint density at radius 1 is 1.41 bits per heavy atom. The molecular weight excluding hydrogens is 280 g/mol. The minimum Gasteiger partial charge on any atom is -0.368 e. The van der Waals surface area contributed by atoms with Crippen molar-refractivity contribution in [2.75, 3.05) is 44.7 Å². The molecule has 22 heavy (non-hydrogen) atoms. The van der Waals surface area contributed by atoms with Gasteiger partial charge in [-0.25, -0.2) is 4.98 Å². The summed E-state index contributed by atoms with van der Waals surface area (Å²) in [7, 11) is 2.14. The second kappa shape index (κ2) is 7.07. The SMILES string of the molecule is CN1CCN(c2cc(CNC(=O)[C@@H]3CCCO3)ccn2)CC1. The first kappa shape index (κ1) is 15.2. The Morgan fingerprint density at radius 3 is 2.95 bits per heavy atom. The zero-order valence-electron chi connectivity index (χ0n) is 13.1. The Morgan fingerprint density at radius 2 is 2.23 bits per heavy atom. The summed E-state index contributed by atoms with van der Waals surface area (Å²) in [5, 5.41) is 2.96. The molecule has 2 fully saturated rings. The lowest BCUT2D eigenvalue weighted by Crippen LogP contribution is -2.44. The van der Waals surface area contributed by atoms with Gasteiger partial charge in [0.1, 0.15) is 11.9 Å². The number of rotatable bonds is 4. The largest absolute Gasteiger partial charge is 0.368 e. The van der Waals surface area contributed by atoms with Gasteiger partial charge in [0.15, 0.2) is 0 Å². The van der Waals surface area contributed by atoms with Crippen molar-refractivity contribution in [1.29, 1.82) is 0 Å². The number of carbonyl (C=O) groups is 1. The molecule has 1 N–H and O–H groups in total. The number of anilines is 1. The van der Waals surface area contributed by atoms with E-state index < -0.39 is 0 Å². The van der Waals surface area contributed by atoms with Crippen molar-refractivity contribution in [3.63, 3.8) is 0 Å². The minimum absolute atomic E-state index is 0.00420. The lowest BCUT2D eigenvalue weighted by atomic mass is 10.2. The van der Waals surface area contributed by atoms with Gasteiger partial charge in [0.25, 0.3) is 0 Å². The first-order valence-corrected chi connectivity index (χ1v) is 8.00. The summed E-state index contributed by atoms with van der Waals surface area (Å²) < 4.78 is 5.39. The van der Waals surface area contributed by atoms with Gasteiger partial charge in [-0.2, -0.15) is 0 Å². The number of nitrogens with one attached hydrogen (secondary N) is 1. The number of ether oxygens (including phenoxy) is 1. The molecule has 0 saturated carbocycles. The summed E-state index contributed by atoms with van der Waals surface area (Å²) in [5.74, 6) is 0.993. The van der Waals surface area contributed by atoms with E-state index in [1.807, 2.05) is 12.3 Å². The first-order chi connectivity index (χ1) is 10.7. The van der Waals surface area contributed by atoms with E-state index in [-0.39, 0.29) is 12.0 Å².